The molecular weight excluding hydrogens is 308 g/mol. The van der Waals surface area contributed by atoms with Crippen molar-refractivity contribution < 1.29 is 0 Å². The Morgan fingerprint density at radius 2 is 2.11 bits per heavy atom. The second-order valence-electron chi connectivity index (χ2n) is 5.61. The molecule has 0 fully saturated rings. The van der Waals surface area contributed by atoms with Crippen molar-refractivity contribution in [3.05, 3.63) is 33.1 Å². The van der Waals surface area contributed by atoms with Gasteiger partial charge in [0.05, 0.1) is 5.69 Å². The van der Waals surface area contributed by atoms with E-state index in [0.717, 1.165) is 17.2 Å². The monoisotopic (exact) mass is 322 g/mol. The van der Waals surface area contributed by atoms with E-state index in [-0.39, 0.29) is 5.54 Å². The first kappa shape index (κ1) is 12.2. The lowest BCUT2D eigenvalue weighted by Crippen LogP contribution is -2.25. The normalized spacial score (nSPS) is 13.3. The van der Waals surface area contributed by atoms with E-state index in [1.165, 1.54) is 20.5 Å². The molecular formula is C14H15BrN2S. The van der Waals surface area contributed by atoms with Crippen LogP contribution in [0.5, 0.6) is 0 Å². The predicted molar refractivity (Wildman–Crippen MR) is 81.4 cm³/mol. The molecule has 0 atom stereocenters. The summed E-state index contributed by atoms with van der Waals surface area (Å²) in [7, 11) is 0. The maximum absolute atomic E-state index is 4.75. The molecule has 1 aliphatic carbocycles. The third-order valence-electron chi connectivity index (χ3n) is 2.89. The van der Waals surface area contributed by atoms with Crippen molar-refractivity contribution in [2.45, 2.75) is 32.7 Å². The minimum atomic E-state index is 0.0612. The molecule has 0 unspecified atom stereocenters. The lowest BCUT2D eigenvalue weighted by atomic mass is 10.1. The Balaban J connectivity index is 2.01. The Morgan fingerprint density at radius 3 is 2.83 bits per heavy atom. The van der Waals surface area contributed by atoms with Gasteiger partial charge in [-0.3, -0.25) is 0 Å². The molecule has 0 amide bonds. The zero-order chi connectivity index (χ0) is 12.9. The molecule has 0 bridgehead atoms. The van der Waals surface area contributed by atoms with Crippen molar-refractivity contribution in [1.29, 1.82) is 0 Å². The van der Waals surface area contributed by atoms with Crippen molar-refractivity contribution in [3.8, 4) is 11.3 Å². The van der Waals surface area contributed by atoms with Crippen LogP contribution in [0.2, 0.25) is 0 Å². The standard InChI is InChI=1S/C14H15BrN2S/c1-14(2,3)17-13-16-12-8-5-4-6-10(15)9(8)7-11(12)18-13/h4-6H,7H2,1-3H3,(H,16,17). The number of thiazole rings is 1. The highest BCUT2D eigenvalue weighted by Crippen LogP contribution is 2.43. The van der Waals surface area contributed by atoms with Crippen molar-refractivity contribution in [2.75, 3.05) is 5.32 Å². The highest BCUT2D eigenvalue weighted by molar-refractivity contribution is 9.10. The zero-order valence-corrected chi connectivity index (χ0v) is 13.1. The SMILES string of the molecule is CC(C)(C)Nc1nc2c(s1)Cc1c(Br)cccc1-2. The van der Waals surface area contributed by atoms with Crippen LogP contribution in [0.4, 0.5) is 5.13 Å². The van der Waals surface area contributed by atoms with Crippen LogP contribution in [-0.4, -0.2) is 10.5 Å². The predicted octanol–water partition coefficient (Wildman–Crippen LogP) is 4.69. The smallest absolute Gasteiger partial charge is 0.183 e. The molecule has 1 N–H and O–H groups in total. The summed E-state index contributed by atoms with van der Waals surface area (Å²) >= 11 is 5.39. The van der Waals surface area contributed by atoms with Gasteiger partial charge in [-0.15, -0.1) is 11.3 Å². The second-order valence-corrected chi connectivity index (χ2v) is 7.55. The number of aromatic nitrogens is 1. The van der Waals surface area contributed by atoms with Crippen molar-refractivity contribution in [2.24, 2.45) is 0 Å². The lowest BCUT2D eigenvalue weighted by molar-refractivity contribution is 0.633. The molecule has 0 saturated heterocycles. The van der Waals surface area contributed by atoms with Gasteiger partial charge in [0.1, 0.15) is 0 Å². The number of halogens is 1. The largest absolute Gasteiger partial charge is 0.357 e. The van der Waals surface area contributed by atoms with Crippen molar-refractivity contribution in [3.63, 3.8) is 0 Å². The molecule has 18 heavy (non-hydrogen) atoms. The Bertz CT molecular complexity index is 611. The fraction of sp³-hybridized carbons (Fsp3) is 0.357. The number of fused-ring (bicyclic) bond motifs is 3. The third-order valence-corrected chi connectivity index (χ3v) is 4.60. The van der Waals surface area contributed by atoms with Crippen LogP contribution < -0.4 is 5.32 Å². The molecule has 1 heterocycles. The number of hydrogen-bond donors (Lipinski definition) is 1. The molecule has 2 nitrogen and oxygen atoms in total. The van der Waals surface area contributed by atoms with E-state index in [0.29, 0.717) is 0 Å². The summed E-state index contributed by atoms with van der Waals surface area (Å²) in [5, 5.41) is 4.48. The highest BCUT2D eigenvalue weighted by atomic mass is 79.9. The molecule has 94 valence electrons. The van der Waals surface area contributed by atoms with Crippen LogP contribution >= 0.6 is 27.3 Å². The van der Waals surface area contributed by atoms with E-state index in [1.54, 1.807) is 11.3 Å². The number of nitrogens with zero attached hydrogens (tertiary/aromatic N) is 1. The molecule has 1 aromatic heterocycles. The van der Waals surface area contributed by atoms with Gasteiger partial charge in [0.15, 0.2) is 5.13 Å². The summed E-state index contributed by atoms with van der Waals surface area (Å²) in [5.41, 5.74) is 3.86. The second kappa shape index (κ2) is 4.07. The Kier molecular flexibility index (Phi) is 2.75. The zero-order valence-electron chi connectivity index (χ0n) is 10.7. The van der Waals surface area contributed by atoms with Crippen molar-refractivity contribution in [1.82, 2.24) is 4.98 Å². The van der Waals surface area contributed by atoms with E-state index in [2.05, 4.69) is 60.2 Å². The average Bonchev–Trinajstić information content (AvgIpc) is 2.74. The fourth-order valence-electron chi connectivity index (χ4n) is 2.18. The first-order chi connectivity index (χ1) is 8.44. The Labute approximate surface area is 120 Å². The van der Waals surface area contributed by atoms with E-state index < -0.39 is 0 Å². The van der Waals surface area contributed by atoms with Gasteiger partial charge in [0, 0.05) is 26.9 Å². The minimum Gasteiger partial charge on any atom is -0.357 e. The molecule has 0 spiro atoms. The summed E-state index contributed by atoms with van der Waals surface area (Å²) in [5.74, 6) is 0. The highest BCUT2D eigenvalue weighted by Gasteiger charge is 2.25. The summed E-state index contributed by atoms with van der Waals surface area (Å²) in [6.45, 7) is 6.47. The van der Waals surface area contributed by atoms with Gasteiger partial charge in [0.2, 0.25) is 0 Å². The molecule has 0 radical (unpaired) electrons. The van der Waals surface area contributed by atoms with E-state index in [9.17, 15) is 0 Å². The van der Waals surface area contributed by atoms with Gasteiger partial charge in [-0.05, 0) is 32.4 Å². The molecule has 0 saturated carbocycles. The first-order valence-corrected chi connectivity index (χ1v) is 7.61. The average molecular weight is 323 g/mol. The molecule has 0 aliphatic heterocycles. The molecule has 4 heteroatoms. The topological polar surface area (TPSA) is 24.9 Å². The van der Waals surface area contributed by atoms with E-state index in [1.807, 2.05) is 0 Å². The number of rotatable bonds is 1. The molecule has 2 aromatic rings. The molecule has 1 aliphatic rings. The molecule has 1 aromatic carbocycles. The Hall–Kier alpha value is -0.870. The van der Waals surface area contributed by atoms with Gasteiger partial charge in [-0.1, -0.05) is 28.1 Å². The first-order valence-electron chi connectivity index (χ1n) is 6.00. The van der Waals surface area contributed by atoms with Crippen LogP contribution in [0.3, 0.4) is 0 Å². The maximum atomic E-state index is 4.75. The number of benzene rings is 1. The fourth-order valence-corrected chi connectivity index (χ4v) is 3.88. The summed E-state index contributed by atoms with van der Waals surface area (Å²) in [4.78, 5) is 6.11. The maximum Gasteiger partial charge on any atom is 0.183 e. The summed E-state index contributed by atoms with van der Waals surface area (Å²) in [6.07, 6.45) is 0.996. The number of nitrogens with one attached hydrogen (secondary N) is 1. The van der Waals surface area contributed by atoms with Gasteiger partial charge in [-0.25, -0.2) is 4.98 Å². The van der Waals surface area contributed by atoms with Crippen LogP contribution in [0.15, 0.2) is 22.7 Å². The van der Waals surface area contributed by atoms with E-state index in [4.69, 9.17) is 4.98 Å². The van der Waals surface area contributed by atoms with Gasteiger partial charge in [-0.2, -0.15) is 0 Å². The summed E-state index contributed by atoms with van der Waals surface area (Å²) in [6, 6.07) is 6.34. The van der Waals surface area contributed by atoms with Gasteiger partial charge in [0.25, 0.3) is 0 Å². The third kappa shape index (κ3) is 2.08. The number of hydrogen-bond acceptors (Lipinski definition) is 3. The van der Waals surface area contributed by atoms with Gasteiger partial charge >= 0.3 is 0 Å². The van der Waals surface area contributed by atoms with Crippen LogP contribution in [-0.2, 0) is 6.42 Å². The van der Waals surface area contributed by atoms with Gasteiger partial charge < -0.3 is 5.32 Å². The lowest BCUT2D eigenvalue weighted by Gasteiger charge is -2.19. The quantitative estimate of drug-likeness (QED) is 0.703. The van der Waals surface area contributed by atoms with Crippen molar-refractivity contribution >= 4 is 32.4 Å². The van der Waals surface area contributed by atoms with Crippen LogP contribution in [0.1, 0.15) is 31.2 Å². The minimum absolute atomic E-state index is 0.0612. The molecule has 3 rings (SSSR count). The van der Waals surface area contributed by atoms with Crippen LogP contribution in [0.25, 0.3) is 11.3 Å². The van der Waals surface area contributed by atoms with E-state index >= 15 is 0 Å². The summed E-state index contributed by atoms with van der Waals surface area (Å²) < 4.78 is 1.19. The number of anilines is 1. The Morgan fingerprint density at radius 1 is 1.33 bits per heavy atom. The van der Waals surface area contributed by atoms with Crippen LogP contribution in [0, 0.1) is 0 Å².